The van der Waals surface area contributed by atoms with Crippen LogP contribution in [-0.2, 0) is 6.42 Å². The molecule has 2 aromatic rings. The number of fused-ring (bicyclic) bond motifs is 1. The molecule has 0 amide bonds. The number of hydrogen-bond acceptors (Lipinski definition) is 3. The molecule has 1 spiro atoms. The van der Waals surface area contributed by atoms with Gasteiger partial charge in [0, 0.05) is 16.6 Å². The maximum absolute atomic E-state index is 13.2. The van der Waals surface area contributed by atoms with E-state index in [1.807, 2.05) is 24.3 Å². The van der Waals surface area contributed by atoms with E-state index in [2.05, 4.69) is 0 Å². The van der Waals surface area contributed by atoms with Crippen LogP contribution in [0.15, 0.2) is 48.5 Å². The Morgan fingerprint density at radius 1 is 1.14 bits per heavy atom. The van der Waals surface area contributed by atoms with Crippen molar-refractivity contribution in [1.29, 1.82) is 0 Å². The van der Waals surface area contributed by atoms with Crippen molar-refractivity contribution in [3.63, 3.8) is 0 Å². The van der Waals surface area contributed by atoms with Crippen molar-refractivity contribution in [2.45, 2.75) is 17.8 Å². The molecule has 1 saturated heterocycles. The van der Waals surface area contributed by atoms with Crippen LogP contribution in [0, 0.1) is 11.2 Å². The molecule has 0 unspecified atom stereocenters. The highest BCUT2D eigenvalue weighted by Crippen LogP contribution is 2.59. The summed E-state index contributed by atoms with van der Waals surface area (Å²) in [5.74, 6) is 0.263. The molecule has 0 radical (unpaired) electrons. The van der Waals surface area contributed by atoms with Gasteiger partial charge in [0.1, 0.15) is 5.82 Å². The Labute approximate surface area is 132 Å². The van der Waals surface area contributed by atoms with E-state index in [0.29, 0.717) is 12.2 Å². The molecule has 0 saturated carbocycles. The van der Waals surface area contributed by atoms with Crippen molar-refractivity contribution in [2.75, 3.05) is 5.75 Å². The van der Waals surface area contributed by atoms with Crippen LogP contribution in [-0.4, -0.2) is 22.7 Å². The van der Waals surface area contributed by atoms with Gasteiger partial charge in [0.2, 0.25) is 0 Å². The van der Waals surface area contributed by atoms with Crippen molar-refractivity contribution < 1.29 is 14.3 Å². The van der Waals surface area contributed by atoms with Gasteiger partial charge in [-0.05, 0) is 29.7 Å². The fourth-order valence-electron chi connectivity index (χ4n) is 3.71. The number of benzene rings is 2. The number of aliphatic hydroxyl groups is 1. The third-order valence-corrected chi connectivity index (χ3v) is 6.36. The second kappa shape index (κ2) is 4.93. The number of thioether (sulfide) groups is 1. The second-order valence-corrected chi connectivity index (χ2v) is 7.12. The highest BCUT2D eigenvalue weighted by atomic mass is 32.2. The summed E-state index contributed by atoms with van der Waals surface area (Å²) in [6, 6.07) is 13.9. The van der Waals surface area contributed by atoms with E-state index in [-0.39, 0.29) is 16.9 Å². The van der Waals surface area contributed by atoms with Gasteiger partial charge in [-0.3, -0.25) is 4.79 Å². The van der Waals surface area contributed by atoms with Gasteiger partial charge in [-0.15, -0.1) is 11.8 Å². The minimum Gasteiger partial charge on any atom is -0.391 e. The molecule has 2 aliphatic rings. The van der Waals surface area contributed by atoms with Crippen molar-refractivity contribution in [3.8, 4) is 0 Å². The Bertz CT molecular complexity index is 743. The average molecular weight is 314 g/mol. The van der Waals surface area contributed by atoms with Gasteiger partial charge >= 0.3 is 0 Å². The zero-order valence-electron chi connectivity index (χ0n) is 11.8. The lowest BCUT2D eigenvalue weighted by molar-refractivity contribution is 0.0435. The van der Waals surface area contributed by atoms with Gasteiger partial charge < -0.3 is 5.11 Å². The van der Waals surface area contributed by atoms with Crippen LogP contribution in [0.3, 0.4) is 0 Å². The largest absolute Gasteiger partial charge is 0.391 e. The summed E-state index contributed by atoms with van der Waals surface area (Å²) < 4.78 is 13.2. The molecule has 1 aliphatic carbocycles. The first-order valence-corrected chi connectivity index (χ1v) is 8.35. The predicted octanol–water partition coefficient (Wildman–Crippen LogP) is 3.40. The Morgan fingerprint density at radius 2 is 1.86 bits per heavy atom. The Balaban J connectivity index is 1.82. The highest BCUT2D eigenvalue weighted by Gasteiger charge is 2.59. The molecule has 4 rings (SSSR count). The summed E-state index contributed by atoms with van der Waals surface area (Å²) in [5, 5.41) is 10.5. The van der Waals surface area contributed by atoms with Gasteiger partial charge in [-0.2, -0.15) is 0 Å². The first-order chi connectivity index (χ1) is 10.6. The fourth-order valence-corrected chi connectivity index (χ4v) is 5.38. The van der Waals surface area contributed by atoms with E-state index in [9.17, 15) is 14.3 Å². The molecule has 3 atom stereocenters. The minimum atomic E-state index is -0.813. The van der Waals surface area contributed by atoms with Crippen LogP contribution in [0.2, 0.25) is 0 Å². The monoisotopic (exact) mass is 314 g/mol. The zero-order valence-corrected chi connectivity index (χ0v) is 12.6. The van der Waals surface area contributed by atoms with Crippen molar-refractivity contribution in [2.24, 2.45) is 5.41 Å². The van der Waals surface area contributed by atoms with Gasteiger partial charge in [-0.25, -0.2) is 4.39 Å². The molecule has 1 aliphatic heterocycles. The number of carbonyl (C=O) groups excluding carboxylic acids is 1. The molecule has 2 aromatic carbocycles. The van der Waals surface area contributed by atoms with E-state index in [0.717, 1.165) is 16.7 Å². The number of hydrogen-bond donors (Lipinski definition) is 1. The molecule has 4 heteroatoms. The van der Waals surface area contributed by atoms with Crippen LogP contribution in [0.1, 0.15) is 26.7 Å². The second-order valence-electron chi connectivity index (χ2n) is 5.98. The van der Waals surface area contributed by atoms with Crippen molar-refractivity contribution in [3.05, 3.63) is 71.0 Å². The molecule has 1 heterocycles. The average Bonchev–Trinajstić information content (AvgIpc) is 3.01. The van der Waals surface area contributed by atoms with Gasteiger partial charge in [0.15, 0.2) is 5.78 Å². The normalized spacial score (nSPS) is 30.0. The summed E-state index contributed by atoms with van der Waals surface area (Å²) in [5.41, 5.74) is 1.81. The molecule has 22 heavy (non-hydrogen) atoms. The Morgan fingerprint density at radius 3 is 2.59 bits per heavy atom. The number of carbonyl (C=O) groups is 1. The van der Waals surface area contributed by atoms with Gasteiger partial charge in [-0.1, -0.05) is 36.4 Å². The van der Waals surface area contributed by atoms with E-state index < -0.39 is 11.5 Å². The molecule has 1 fully saturated rings. The van der Waals surface area contributed by atoms with Gasteiger partial charge in [0.25, 0.3) is 0 Å². The quantitative estimate of drug-likeness (QED) is 0.876. The minimum absolute atomic E-state index is 0.0231. The van der Waals surface area contributed by atoms with E-state index in [1.165, 1.54) is 12.1 Å². The van der Waals surface area contributed by atoms with Crippen molar-refractivity contribution in [1.82, 2.24) is 0 Å². The number of ketones is 1. The topological polar surface area (TPSA) is 37.3 Å². The lowest BCUT2D eigenvalue weighted by atomic mass is 9.73. The summed E-state index contributed by atoms with van der Waals surface area (Å²) in [6.07, 6.45) is -0.120. The standard InChI is InChI=1S/C18H15FO2S/c19-13-7-5-11(6-8-13)17-18(15(20)10-22-17)9-12-3-1-2-4-14(12)16(18)21/h1-8,15,17,20H,9-10H2/t15-,17+,18+/m1/s1. The molecule has 112 valence electrons. The number of aliphatic hydroxyl groups excluding tert-OH is 1. The fraction of sp³-hybridized carbons (Fsp3) is 0.278. The summed E-state index contributed by atoms with van der Waals surface area (Å²) >= 11 is 1.59. The summed E-state index contributed by atoms with van der Waals surface area (Å²) in [6.45, 7) is 0. The third kappa shape index (κ3) is 1.80. The smallest absolute Gasteiger partial charge is 0.173 e. The molecule has 0 aromatic heterocycles. The van der Waals surface area contributed by atoms with Crippen LogP contribution in [0.25, 0.3) is 0 Å². The SMILES string of the molecule is O=C1c2ccccc2C[C@]12[C@H](O)CS[C@H]2c1ccc(F)cc1. The summed E-state index contributed by atoms with van der Waals surface area (Å²) in [7, 11) is 0. The van der Waals surface area contributed by atoms with E-state index >= 15 is 0 Å². The van der Waals surface area contributed by atoms with E-state index in [4.69, 9.17) is 0 Å². The Kier molecular flexibility index (Phi) is 3.13. The maximum atomic E-state index is 13.2. The lowest BCUT2D eigenvalue weighted by Gasteiger charge is -2.31. The lowest BCUT2D eigenvalue weighted by Crippen LogP contribution is -2.41. The zero-order chi connectivity index (χ0) is 15.3. The van der Waals surface area contributed by atoms with Crippen molar-refractivity contribution >= 4 is 17.5 Å². The van der Waals surface area contributed by atoms with Crippen LogP contribution in [0.5, 0.6) is 0 Å². The Hall–Kier alpha value is -1.65. The first kappa shape index (κ1) is 14.0. The first-order valence-electron chi connectivity index (χ1n) is 7.31. The third-order valence-electron chi connectivity index (χ3n) is 4.82. The number of Topliss-reactive ketones (excluding diaryl/α,β-unsaturated/α-hetero) is 1. The highest BCUT2D eigenvalue weighted by molar-refractivity contribution is 7.99. The number of halogens is 1. The molecular formula is C18H15FO2S. The molecule has 1 N–H and O–H groups in total. The summed E-state index contributed by atoms with van der Waals surface area (Å²) in [4.78, 5) is 13.0. The molecular weight excluding hydrogens is 299 g/mol. The number of rotatable bonds is 1. The predicted molar refractivity (Wildman–Crippen MR) is 84.5 cm³/mol. The van der Waals surface area contributed by atoms with Crippen LogP contribution >= 0.6 is 11.8 Å². The molecule has 2 nitrogen and oxygen atoms in total. The van der Waals surface area contributed by atoms with Crippen LogP contribution < -0.4 is 0 Å². The maximum Gasteiger partial charge on any atom is 0.173 e. The van der Waals surface area contributed by atoms with Gasteiger partial charge in [0.05, 0.1) is 11.5 Å². The van der Waals surface area contributed by atoms with E-state index in [1.54, 1.807) is 23.9 Å². The molecule has 0 bridgehead atoms. The van der Waals surface area contributed by atoms with Crippen LogP contribution in [0.4, 0.5) is 4.39 Å².